The number of pyridine rings is 1. The smallest absolute Gasteiger partial charge is 0.306 e. The first-order valence-electron chi connectivity index (χ1n) is 19.6. The van der Waals surface area contributed by atoms with Crippen molar-refractivity contribution in [2.24, 2.45) is 0 Å². The fourth-order valence-corrected chi connectivity index (χ4v) is 7.70. The number of hydrogen-bond acceptors (Lipinski definition) is 11. The molecule has 13 nitrogen and oxygen atoms in total. The van der Waals surface area contributed by atoms with Crippen LogP contribution in [0, 0.1) is 18.3 Å². The number of nitriles is 1. The van der Waals surface area contributed by atoms with Gasteiger partial charge < -0.3 is 45.3 Å². The zero-order valence-electron chi connectivity index (χ0n) is 33.1. The van der Waals surface area contributed by atoms with Crippen LogP contribution in [0.2, 0.25) is 0 Å². The summed E-state index contributed by atoms with van der Waals surface area (Å²) in [6.45, 7) is 3.58. The SMILES string of the molecule is Cc1c(-c2ccc(OCCNC[C@@H](O)CC(=O)O)cc2)cccc1-c1cccc2c1CC[C@@H]2Oc1nc(OCc2cccc(C#N)c2)c(CNC[C@@H](O)CC(=O)O)cc1Br. The molecular formula is C46H47BrN4O9. The van der Waals surface area contributed by atoms with Gasteiger partial charge in [-0.2, -0.15) is 10.2 Å². The van der Waals surface area contributed by atoms with Crippen molar-refractivity contribution in [2.45, 2.75) is 64.1 Å². The van der Waals surface area contributed by atoms with Crippen LogP contribution in [0.5, 0.6) is 17.5 Å². The van der Waals surface area contributed by atoms with Gasteiger partial charge in [0.1, 0.15) is 25.1 Å². The second kappa shape index (κ2) is 20.9. The topological polar surface area (TPSA) is 203 Å². The van der Waals surface area contributed by atoms with Crippen molar-refractivity contribution < 1.29 is 44.2 Å². The molecule has 4 aromatic carbocycles. The van der Waals surface area contributed by atoms with Crippen molar-refractivity contribution in [2.75, 3.05) is 26.2 Å². The lowest BCUT2D eigenvalue weighted by molar-refractivity contribution is -0.140. The number of fused-ring (bicyclic) bond motifs is 1. The number of hydrogen-bond donors (Lipinski definition) is 6. The molecule has 0 saturated heterocycles. The lowest BCUT2D eigenvalue weighted by Crippen LogP contribution is -2.31. The van der Waals surface area contributed by atoms with Gasteiger partial charge in [0.25, 0.3) is 0 Å². The molecule has 1 aromatic heterocycles. The monoisotopic (exact) mass is 878 g/mol. The van der Waals surface area contributed by atoms with Crippen LogP contribution in [0.4, 0.5) is 0 Å². The number of rotatable bonds is 21. The van der Waals surface area contributed by atoms with E-state index in [1.807, 2.05) is 36.4 Å². The maximum atomic E-state index is 11.0. The van der Waals surface area contributed by atoms with Crippen LogP contribution in [0.15, 0.2) is 95.5 Å². The highest BCUT2D eigenvalue weighted by Gasteiger charge is 2.29. The second-order valence-corrected chi connectivity index (χ2v) is 15.4. The Morgan fingerprint density at radius 3 is 2.28 bits per heavy atom. The number of nitrogens with zero attached hydrogens (tertiary/aromatic N) is 2. The average Bonchev–Trinajstić information content (AvgIpc) is 3.64. The number of carboxylic acids is 2. The van der Waals surface area contributed by atoms with Crippen molar-refractivity contribution in [3.8, 4) is 45.8 Å². The molecule has 0 aliphatic heterocycles. The predicted octanol–water partition coefficient (Wildman–Crippen LogP) is 6.73. The Labute approximate surface area is 356 Å². The van der Waals surface area contributed by atoms with Crippen molar-refractivity contribution in [3.05, 3.63) is 129 Å². The molecule has 0 radical (unpaired) electrons. The molecule has 1 aliphatic carbocycles. The van der Waals surface area contributed by atoms with E-state index in [2.05, 4.69) is 76.0 Å². The van der Waals surface area contributed by atoms with Crippen molar-refractivity contribution in [1.82, 2.24) is 15.6 Å². The number of aliphatic carboxylic acids is 2. The van der Waals surface area contributed by atoms with Crippen LogP contribution in [0.3, 0.4) is 0 Å². The molecule has 14 heteroatoms. The molecule has 0 saturated carbocycles. The molecule has 1 heterocycles. The van der Waals surface area contributed by atoms with Gasteiger partial charge in [-0.15, -0.1) is 0 Å². The Morgan fingerprint density at radius 1 is 0.867 bits per heavy atom. The minimum atomic E-state index is -1.09. The van der Waals surface area contributed by atoms with E-state index < -0.39 is 24.1 Å². The summed E-state index contributed by atoms with van der Waals surface area (Å²) in [7, 11) is 0. The first-order valence-corrected chi connectivity index (χ1v) is 20.4. The lowest BCUT2D eigenvalue weighted by atomic mass is 9.89. The number of ether oxygens (including phenoxy) is 3. The van der Waals surface area contributed by atoms with E-state index >= 15 is 0 Å². The van der Waals surface area contributed by atoms with Crippen molar-refractivity contribution >= 4 is 27.9 Å². The van der Waals surface area contributed by atoms with Crippen molar-refractivity contribution in [1.29, 1.82) is 5.26 Å². The summed E-state index contributed by atoms with van der Waals surface area (Å²) >= 11 is 3.65. The third-order valence-electron chi connectivity index (χ3n) is 10.1. The first-order chi connectivity index (χ1) is 29.0. The van der Waals surface area contributed by atoms with E-state index in [0.717, 1.165) is 51.8 Å². The van der Waals surface area contributed by atoms with Gasteiger partial charge in [0.15, 0.2) is 0 Å². The van der Waals surface area contributed by atoms with Gasteiger partial charge in [0.2, 0.25) is 11.8 Å². The molecule has 0 unspecified atom stereocenters. The standard InChI is InChI=1S/C46H47BrN4O9/c1-28-36(31-11-13-35(14-12-31)58-18-17-49-25-33(52)21-43(54)55)7-3-8-37(28)38-9-4-10-40-39(38)15-16-42(40)60-46-41(47)20-32(24-50-26-34(53)22-44(56)57)45(51-46)59-27-30-6-2-5-29(19-30)23-48/h2-14,19-20,33-34,42,49-50,52-53H,15-18,21-22,24-27H2,1H3,(H,54,55)(H,56,57)/t33-,34-,42-/m0/s1. The Bertz CT molecular complexity index is 2330. The van der Waals surface area contributed by atoms with Gasteiger partial charge >= 0.3 is 11.9 Å². The summed E-state index contributed by atoms with van der Waals surface area (Å²) in [5.41, 5.74) is 9.80. The first kappa shape index (κ1) is 43.8. The molecule has 0 spiro atoms. The Morgan fingerprint density at radius 2 is 1.55 bits per heavy atom. The Kier molecular flexibility index (Phi) is 15.3. The normalized spacial score (nSPS) is 14.2. The van der Waals surface area contributed by atoms with Gasteiger partial charge in [-0.05, 0) is 111 Å². The number of carboxylic acid groups (broad SMARTS) is 2. The summed E-state index contributed by atoms with van der Waals surface area (Å²) in [5.74, 6) is -0.767. The predicted molar refractivity (Wildman–Crippen MR) is 228 cm³/mol. The van der Waals surface area contributed by atoms with Gasteiger partial charge in [-0.3, -0.25) is 9.59 Å². The van der Waals surface area contributed by atoms with E-state index in [9.17, 15) is 25.1 Å². The number of aliphatic hydroxyl groups excluding tert-OH is 2. The molecule has 60 heavy (non-hydrogen) atoms. The molecule has 6 rings (SSSR count). The number of nitrogens with one attached hydrogen (secondary N) is 2. The maximum absolute atomic E-state index is 11.0. The lowest BCUT2D eigenvalue weighted by Gasteiger charge is -2.19. The van der Waals surface area contributed by atoms with Gasteiger partial charge in [-0.1, -0.05) is 60.7 Å². The number of benzene rings is 4. The molecule has 5 aromatic rings. The molecule has 0 fully saturated rings. The minimum absolute atomic E-state index is 0.0587. The van der Waals surface area contributed by atoms with E-state index in [1.165, 1.54) is 5.56 Å². The zero-order chi connectivity index (χ0) is 42.6. The van der Waals surface area contributed by atoms with Gasteiger partial charge in [0.05, 0.1) is 41.2 Å². The van der Waals surface area contributed by atoms with E-state index in [0.29, 0.717) is 46.3 Å². The van der Waals surface area contributed by atoms with Crippen LogP contribution in [-0.2, 0) is 29.2 Å². The molecular weight excluding hydrogens is 832 g/mol. The number of carbonyl (C=O) groups is 2. The molecule has 6 N–H and O–H groups in total. The highest BCUT2D eigenvalue weighted by atomic mass is 79.9. The van der Waals surface area contributed by atoms with E-state index in [-0.39, 0.29) is 45.2 Å². The summed E-state index contributed by atoms with van der Waals surface area (Å²) in [4.78, 5) is 26.6. The maximum Gasteiger partial charge on any atom is 0.306 e. The highest BCUT2D eigenvalue weighted by Crippen LogP contribution is 2.43. The van der Waals surface area contributed by atoms with Crippen molar-refractivity contribution in [3.63, 3.8) is 0 Å². The average molecular weight is 880 g/mol. The summed E-state index contributed by atoms with van der Waals surface area (Å²) < 4.78 is 19.3. The fraction of sp³-hybridized carbons (Fsp3) is 0.304. The third kappa shape index (κ3) is 11.7. The van der Waals surface area contributed by atoms with Gasteiger partial charge in [-0.25, -0.2) is 0 Å². The fourth-order valence-electron chi connectivity index (χ4n) is 7.24. The third-order valence-corrected chi connectivity index (χ3v) is 10.7. The number of halogens is 1. The Balaban J connectivity index is 1.16. The highest BCUT2D eigenvalue weighted by molar-refractivity contribution is 9.10. The minimum Gasteiger partial charge on any atom is -0.492 e. The summed E-state index contributed by atoms with van der Waals surface area (Å²) in [5, 5.41) is 53.1. The van der Waals surface area contributed by atoms with E-state index in [1.54, 1.807) is 18.2 Å². The molecule has 312 valence electrons. The van der Waals surface area contributed by atoms with Crippen LogP contribution >= 0.6 is 15.9 Å². The zero-order valence-corrected chi connectivity index (χ0v) is 34.7. The largest absolute Gasteiger partial charge is 0.492 e. The molecule has 1 aliphatic rings. The number of aromatic nitrogens is 1. The summed E-state index contributed by atoms with van der Waals surface area (Å²) in [6.07, 6.45) is -1.44. The molecule has 0 amide bonds. The van der Waals surface area contributed by atoms with Crippen LogP contribution in [-0.4, -0.2) is 75.8 Å². The second-order valence-electron chi connectivity index (χ2n) is 14.5. The van der Waals surface area contributed by atoms with Gasteiger partial charge in [0, 0.05) is 31.7 Å². The van der Waals surface area contributed by atoms with Crippen LogP contribution in [0.25, 0.3) is 22.3 Å². The Hall–Kier alpha value is -5.82. The molecule has 0 bridgehead atoms. The summed E-state index contributed by atoms with van der Waals surface area (Å²) in [6, 6.07) is 31.6. The number of aliphatic hydroxyl groups is 2. The molecule has 3 atom stereocenters. The quantitative estimate of drug-likeness (QED) is 0.0424. The van der Waals surface area contributed by atoms with E-state index in [4.69, 9.17) is 29.4 Å². The van der Waals surface area contributed by atoms with Crippen LogP contribution in [0.1, 0.15) is 58.7 Å². The van der Waals surface area contributed by atoms with Crippen LogP contribution < -0.4 is 24.8 Å².